The lowest BCUT2D eigenvalue weighted by molar-refractivity contribution is -0.190. The molecule has 0 spiro atoms. The van der Waals surface area contributed by atoms with Crippen LogP contribution in [0.2, 0.25) is 0 Å². The summed E-state index contributed by atoms with van der Waals surface area (Å²) in [6, 6.07) is 0. The van der Waals surface area contributed by atoms with Gasteiger partial charge in [0.15, 0.2) is 11.5 Å². The molecule has 40 heavy (non-hydrogen) atoms. The lowest BCUT2D eigenvalue weighted by atomic mass is 9.45. The SMILES string of the molecule is C=C1CC[C@H]2[C@](C)(CCC=C(C)C)[C@@H](OC(=O)[C@H](O)[C@@H](C)CC)CC[C@]2(C)[C@@H]1Cc1c(OC)oc(C)c(C)c1=O. The Kier molecular flexibility index (Phi) is 10.2. The molecule has 0 saturated heterocycles. The summed E-state index contributed by atoms with van der Waals surface area (Å²) in [5.74, 6) is 0.518. The van der Waals surface area contributed by atoms with Crippen LogP contribution in [0.15, 0.2) is 33.0 Å². The first-order chi connectivity index (χ1) is 18.7. The molecule has 0 radical (unpaired) electrons. The Morgan fingerprint density at radius 3 is 2.52 bits per heavy atom. The number of carbonyl (C=O) groups excluding carboxylic acids is 1. The highest BCUT2D eigenvalue weighted by Gasteiger charge is 2.59. The molecule has 0 unspecified atom stereocenters. The highest BCUT2D eigenvalue weighted by Crippen LogP contribution is 2.63. The molecule has 0 bridgehead atoms. The second-order valence-corrected chi connectivity index (χ2v) is 13.2. The van der Waals surface area contributed by atoms with Crippen LogP contribution in [0.4, 0.5) is 0 Å². The van der Waals surface area contributed by atoms with E-state index in [1.165, 1.54) is 5.57 Å². The molecule has 0 amide bonds. The van der Waals surface area contributed by atoms with Crippen LogP contribution in [0.25, 0.3) is 0 Å². The Hall–Kier alpha value is -2.34. The summed E-state index contributed by atoms with van der Waals surface area (Å²) in [4.78, 5) is 26.5. The predicted molar refractivity (Wildman–Crippen MR) is 160 cm³/mol. The van der Waals surface area contributed by atoms with Crippen LogP contribution in [0, 0.1) is 42.4 Å². The van der Waals surface area contributed by atoms with Gasteiger partial charge in [-0.1, -0.05) is 57.9 Å². The van der Waals surface area contributed by atoms with Gasteiger partial charge in [0, 0.05) is 11.0 Å². The second kappa shape index (κ2) is 12.7. The first kappa shape index (κ1) is 32.2. The number of hydrogen-bond donors (Lipinski definition) is 1. The third kappa shape index (κ3) is 6.12. The number of allylic oxidation sites excluding steroid dienone is 3. The van der Waals surface area contributed by atoms with Crippen molar-refractivity contribution in [3.8, 4) is 5.95 Å². The number of carbonyl (C=O) groups is 1. The molecule has 7 atom stereocenters. The molecular formula is C34H52O6. The lowest BCUT2D eigenvalue weighted by Crippen LogP contribution is -2.57. The fraction of sp³-hybridized carbons (Fsp3) is 0.706. The van der Waals surface area contributed by atoms with E-state index in [0.29, 0.717) is 42.1 Å². The van der Waals surface area contributed by atoms with Crippen LogP contribution in [-0.2, 0) is 16.0 Å². The Labute approximate surface area is 241 Å². The summed E-state index contributed by atoms with van der Waals surface area (Å²) in [5, 5.41) is 10.6. The number of aliphatic hydroxyl groups excluding tert-OH is 1. The van der Waals surface area contributed by atoms with Gasteiger partial charge < -0.3 is 19.0 Å². The summed E-state index contributed by atoms with van der Waals surface area (Å²) in [6.45, 7) is 20.8. The molecule has 2 aliphatic carbocycles. The van der Waals surface area contributed by atoms with E-state index >= 15 is 0 Å². The standard InChI is InChI=1S/C34H52O6/c1-11-21(4)29(35)31(37)40-28-16-18-33(8)26(19-25-30(36)23(6)24(7)39-32(25)38-10)22(5)14-15-27(33)34(28,9)17-12-13-20(2)3/h13,21,26-29,35H,5,11-12,14-19H2,1-4,6-10H3/t21-,26+,27+,28-,29+,33+,34-/m0/s1. The monoisotopic (exact) mass is 556 g/mol. The van der Waals surface area contributed by atoms with Gasteiger partial charge in [-0.3, -0.25) is 4.79 Å². The van der Waals surface area contributed by atoms with Crippen molar-refractivity contribution in [1.29, 1.82) is 0 Å². The van der Waals surface area contributed by atoms with Gasteiger partial charge in [0.2, 0.25) is 0 Å². The van der Waals surface area contributed by atoms with Crippen LogP contribution in [-0.4, -0.2) is 30.4 Å². The minimum Gasteiger partial charge on any atom is -0.468 e. The molecule has 224 valence electrons. The maximum atomic E-state index is 13.4. The van der Waals surface area contributed by atoms with Crippen molar-refractivity contribution < 1.29 is 23.8 Å². The molecule has 2 saturated carbocycles. The molecule has 1 aromatic heterocycles. The Morgan fingerprint density at radius 1 is 1.25 bits per heavy atom. The molecular weight excluding hydrogens is 504 g/mol. The number of methoxy groups -OCH3 is 1. The van der Waals surface area contributed by atoms with Crippen LogP contribution >= 0.6 is 0 Å². The number of esters is 1. The minimum absolute atomic E-state index is 0.0212. The number of rotatable bonds is 10. The second-order valence-electron chi connectivity index (χ2n) is 13.2. The average molecular weight is 557 g/mol. The van der Waals surface area contributed by atoms with Crippen LogP contribution in [0.3, 0.4) is 0 Å². The van der Waals surface area contributed by atoms with E-state index in [1.54, 1.807) is 21.0 Å². The van der Waals surface area contributed by atoms with Gasteiger partial charge in [-0.15, -0.1) is 0 Å². The van der Waals surface area contributed by atoms with E-state index in [9.17, 15) is 14.7 Å². The Balaban J connectivity index is 2.02. The van der Waals surface area contributed by atoms with Gasteiger partial charge in [0.1, 0.15) is 11.9 Å². The molecule has 6 nitrogen and oxygen atoms in total. The number of ether oxygens (including phenoxy) is 2. The zero-order valence-corrected chi connectivity index (χ0v) is 26.3. The highest BCUT2D eigenvalue weighted by molar-refractivity contribution is 5.75. The zero-order chi connectivity index (χ0) is 30.0. The smallest absolute Gasteiger partial charge is 0.335 e. The summed E-state index contributed by atoms with van der Waals surface area (Å²) >= 11 is 0. The van der Waals surface area contributed by atoms with Gasteiger partial charge in [-0.25, -0.2) is 4.79 Å². The lowest BCUT2D eigenvalue weighted by Gasteiger charge is -2.61. The molecule has 1 N–H and O–H groups in total. The predicted octanol–water partition coefficient (Wildman–Crippen LogP) is 7.26. The molecule has 2 aliphatic rings. The quantitative estimate of drug-likeness (QED) is 0.241. The average Bonchev–Trinajstić information content (AvgIpc) is 2.90. The zero-order valence-electron chi connectivity index (χ0n) is 26.3. The van der Waals surface area contributed by atoms with Crippen molar-refractivity contribution in [1.82, 2.24) is 0 Å². The molecule has 2 fully saturated rings. The minimum atomic E-state index is -1.12. The fourth-order valence-corrected chi connectivity index (χ4v) is 7.52. The van der Waals surface area contributed by atoms with E-state index in [4.69, 9.17) is 13.9 Å². The van der Waals surface area contributed by atoms with Gasteiger partial charge in [0.25, 0.3) is 5.95 Å². The maximum absolute atomic E-state index is 13.4. The summed E-state index contributed by atoms with van der Waals surface area (Å²) in [6.07, 6.45) is 7.22. The van der Waals surface area contributed by atoms with Crippen molar-refractivity contribution in [2.24, 2.45) is 28.6 Å². The number of fused-ring (bicyclic) bond motifs is 1. The van der Waals surface area contributed by atoms with E-state index in [0.717, 1.165) is 37.7 Å². The van der Waals surface area contributed by atoms with Crippen LogP contribution in [0.5, 0.6) is 5.95 Å². The summed E-state index contributed by atoms with van der Waals surface area (Å²) in [5.41, 5.74) is 3.16. The molecule has 1 aromatic rings. The van der Waals surface area contributed by atoms with Crippen molar-refractivity contribution in [3.63, 3.8) is 0 Å². The van der Waals surface area contributed by atoms with Gasteiger partial charge >= 0.3 is 5.97 Å². The number of aryl methyl sites for hydroxylation is 1. The molecule has 3 rings (SSSR count). The molecule has 0 aromatic carbocycles. The van der Waals surface area contributed by atoms with Crippen LogP contribution in [0.1, 0.15) is 103 Å². The van der Waals surface area contributed by atoms with E-state index in [-0.39, 0.29) is 40.1 Å². The van der Waals surface area contributed by atoms with Crippen LogP contribution < -0.4 is 10.2 Å². The molecule has 6 heteroatoms. The Bertz CT molecular complexity index is 1170. The fourth-order valence-electron chi connectivity index (χ4n) is 7.52. The van der Waals surface area contributed by atoms with E-state index in [2.05, 4.69) is 40.3 Å². The molecule has 0 aliphatic heterocycles. The first-order valence-electron chi connectivity index (χ1n) is 15.1. The number of aliphatic hydroxyl groups is 1. The summed E-state index contributed by atoms with van der Waals surface area (Å²) in [7, 11) is 1.55. The van der Waals surface area contributed by atoms with Crippen molar-refractivity contribution in [3.05, 3.63) is 50.9 Å². The Morgan fingerprint density at radius 2 is 1.93 bits per heavy atom. The normalized spacial score (nSPS) is 29.8. The highest BCUT2D eigenvalue weighted by atomic mass is 16.6. The first-order valence-corrected chi connectivity index (χ1v) is 15.1. The topological polar surface area (TPSA) is 86.0 Å². The van der Waals surface area contributed by atoms with Crippen molar-refractivity contribution in [2.45, 2.75) is 119 Å². The van der Waals surface area contributed by atoms with Gasteiger partial charge in [-0.2, -0.15) is 0 Å². The van der Waals surface area contributed by atoms with E-state index < -0.39 is 12.1 Å². The largest absolute Gasteiger partial charge is 0.468 e. The third-order valence-electron chi connectivity index (χ3n) is 10.5. The van der Waals surface area contributed by atoms with Crippen molar-refractivity contribution >= 4 is 5.97 Å². The third-order valence-corrected chi connectivity index (χ3v) is 10.5. The van der Waals surface area contributed by atoms with Crippen molar-refractivity contribution in [2.75, 3.05) is 7.11 Å². The van der Waals surface area contributed by atoms with Gasteiger partial charge in [0.05, 0.1) is 12.7 Å². The summed E-state index contributed by atoms with van der Waals surface area (Å²) < 4.78 is 17.6. The maximum Gasteiger partial charge on any atom is 0.335 e. The van der Waals surface area contributed by atoms with E-state index in [1.807, 2.05) is 13.8 Å². The number of hydrogen-bond acceptors (Lipinski definition) is 6. The molecule has 1 heterocycles. The van der Waals surface area contributed by atoms with Gasteiger partial charge in [-0.05, 0) is 95.8 Å².